The van der Waals surface area contributed by atoms with Crippen LogP contribution in [-0.4, -0.2) is 5.78 Å². The van der Waals surface area contributed by atoms with Gasteiger partial charge in [0.25, 0.3) is 0 Å². The van der Waals surface area contributed by atoms with Gasteiger partial charge in [0.05, 0.1) is 0 Å². The first-order chi connectivity index (χ1) is 7.24. The maximum atomic E-state index is 11.7. The van der Waals surface area contributed by atoms with Crippen molar-refractivity contribution in [1.82, 2.24) is 0 Å². The number of hydrogen-bond acceptors (Lipinski definition) is 1. The lowest BCUT2D eigenvalue weighted by Crippen LogP contribution is -1.98. The summed E-state index contributed by atoms with van der Waals surface area (Å²) in [6.07, 6.45) is 5.42. The summed E-state index contributed by atoms with van der Waals surface area (Å²) in [5.41, 5.74) is 0.748. The van der Waals surface area contributed by atoms with Crippen LogP contribution < -0.4 is 0 Å². The Morgan fingerprint density at radius 2 is 1.93 bits per heavy atom. The first kappa shape index (κ1) is 12.0. The molecule has 1 rings (SSSR count). The predicted molar refractivity (Wildman–Crippen MR) is 64.4 cm³/mol. The van der Waals surface area contributed by atoms with E-state index in [1.54, 1.807) is 24.3 Å². The van der Waals surface area contributed by atoms with Gasteiger partial charge in [0.15, 0.2) is 5.78 Å². The Hall–Kier alpha value is -1.08. The summed E-state index contributed by atoms with van der Waals surface area (Å²) in [6.45, 7) is 3.65. The van der Waals surface area contributed by atoms with Crippen molar-refractivity contribution >= 4 is 17.4 Å². The Labute approximate surface area is 95.8 Å². The van der Waals surface area contributed by atoms with E-state index < -0.39 is 0 Å². The number of benzene rings is 1. The number of halogens is 1. The smallest absolute Gasteiger partial charge is 0.162 e. The molecule has 0 heterocycles. The Kier molecular flexibility index (Phi) is 5.13. The van der Waals surface area contributed by atoms with E-state index in [2.05, 4.69) is 6.58 Å². The van der Waals surface area contributed by atoms with Crippen LogP contribution in [0.15, 0.2) is 36.9 Å². The van der Waals surface area contributed by atoms with Crippen LogP contribution in [0.25, 0.3) is 0 Å². The molecular weight excluding hydrogens is 208 g/mol. The second kappa shape index (κ2) is 6.41. The molecule has 0 amide bonds. The fraction of sp³-hybridized carbons (Fsp3) is 0.308. The van der Waals surface area contributed by atoms with Gasteiger partial charge in [-0.3, -0.25) is 4.79 Å². The Morgan fingerprint density at radius 1 is 1.27 bits per heavy atom. The molecule has 0 N–H and O–H groups in total. The van der Waals surface area contributed by atoms with Gasteiger partial charge in [-0.05, 0) is 43.5 Å². The van der Waals surface area contributed by atoms with Crippen LogP contribution in [0.3, 0.4) is 0 Å². The number of hydrogen-bond donors (Lipinski definition) is 0. The van der Waals surface area contributed by atoms with Gasteiger partial charge in [0.2, 0.25) is 0 Å². The van der Waals surface area contributed by atoms with Gasteiger partial charge in [-0.2, -0.15) is 0 Å². The molecular formula is C13H15ClO. The molecule has 0 aliphatic heterocycles. The van der Waals surface area contributed by atoms with E-state index in [1.807, 2.05) is 6.08 Å². The van der Waals surface area contributed by atoms with Crippen molar-refractivity contribution in [2.24, 2.45) is 0 Å². The summed E-state index contributed by atoms with van der Waals surface area (Å²) < 4.78 is 0. The van der Waals surface area contributed by atoms with E-state index in [0.29, 0.717) is 11.4 Å². The van der Waals surface area contributed by atoms with Crippen molar-refractivity contribution in [3.8, 4) is 0 Å². The summed E-state index contributed by atoms with van der Waals surface area (Å²) in [6, 6.07) is 7.05. The van der Waals surface area contributed by atoms with Gasteiger partial charge in [-0.15, -0.1) is 6.58 Å². The number of carbonyl (C=O) groups is 1. The predicted octanol–water partition coefficient (Wildman–Crippen LogP) is 4.27. The Balaban J connectivity index is 2.40. The lowest BCUT2D eigenvalue weighted by molar-refractivity contribution is 0.0979. The second-order valence-electron chi connectivity index (χ2n) is 3.46. The van der Waals surface area contributed by atoms with Gasteiger partial charge in [0, 0.05) is 17.0 Å². The summed E-state index contributed by atoms with van der Waals surface area (Å²) in [7, 11) is 0. The first-order valence-corrected chi connectivity index (χ1v) is 5.51. The molecule has 0 radical (unpaired) electrons. The van der Waals surface area contributed by atoms with Crippen LogP contribution in [0.1, 0.15) is 36.0 Å². The fourth-order valence-electron chi connectivity index (χ4n) is 1.35. The summed E-state index contributed by atoms with van der Waals surface area (Å²) >= 11 is 5.74. The van der Waals surface area contributed by atoms with Crippen LogP contribution in [0, 0.1) is 0 Å². The molecule has 0 aliphatic rings. The molecule has 1 aromatic carbocycles. The highest BCUT2D eigenvalue weighted by Gasteiger charge is 2.04. The number of rotatable bonds is 6. The van der Waals surface area contributed by atoms with Gasteiger partial charge in [-0.25, -0.2) is 0 Å². The molecule has 0 fully saturated rings. The maximum Gasteiger partial charge on any atom is 0.162 e. The molecule has 2 heteroatoms. The summed E-state index contributed by atoms with van der Waals surface area (Å²) in [4.78, 5) is 11.7. The zero-order valence-corrected chi connectivity index (χ0v) is 9.46. The molecule has 0 atom stereocenters. The number of ketones is 1. The zero-order valence-electron chi connectivity index (χ0n) is 8.71. The summed E-state index contributed by atoms with van der Waals surface area (Å²) in [5.74, 6) is 0.190. The highest BCUT2D eigenvalue weighted by atomic mass is 35.5. The normalized spacial score (nSPS) is 9.93. The highest BCUT2D eigenvalue weighted by molar-refractivity contribution is 6.30. The topological polar surface area (TPSA) is 17.1 Å². The number of allylic oxidation sites excluding steroid dienone is 1. The lowest BCUT2D eigenvalue weighted by atomic mass is 10.0. The largest absolute Gasteiger partial charge is 0.294 e. The van der Waals surface area contributed by atoms with Crippen molar-refractivity contribution in [2.45, 2.75) is 25.7 Å². The third-order valence-corrected chi connectivity index (χ3v) is 2.48. The van der Waals surface area contributed by atoms with Crippen molar-refractivity contribution in [3.05, 3.63) is 47.5 Å². The van der Waals surface area contributed by atoms with Gasteiger partial charge < -0.3 is 0 Å². The van der Waals surface area contributed by atoms with E-state index in [9.17, 15) is 4.79 Å². The van der Waals surface area contributed by atoms with E-state index in [1.165, 1.54) is 0 Å². The van der Waals surface area contributed by atoms with Crippen LogP contribution in [0.2, 0.25) is 5.02 Å². The minimum atomic E-state index is 0.190. The highest BCUT2D eigenvalue weighted by Crippen LogP contribution is 2.12. The Bertz CT molecular complexity index is 327. The van der Waals surface area contributed by atoms with Crippen molar-refractivity contribution < 1.29 is 4.79 Å². The summed E-state index contributed by atoms with van der Waals surface area (Å²) in [5, 5.41) is 0.665. The standard InChI is InChI=1S/C13H15ClO/c1-2-3-4-5-6-13(15)11-7-9-12(14)10-8-11/h2,7-10H,1,3-6H2. The number of unbranched alkanes of at least 4 members (excludes halogenated alkanes) is 2. The minimum absolute atomic E-state index is 0.190. The molecule has 0 spiro atoms. The third kappa shape index (κ3) is 4.30. The second-order valence-corrected chi connectivity index (χ2v) is 3.90. The van der Waals surface area contributed by atoms with Crippen LogP contribution in [-0.2, 0) is 0 Å². The fourth-order valence-corrected chi connectivity index (χ4v) is 1.48. The molecule has 0 unspecified atom stereocenters. The molecule has 1 nitrogen and oxygen atoms in total. The van der Waals surface area contributed by atoms with Crippen LogP contribution >= 0.6 is 11.6 Å². The quantitative estimate of drug-likeness (QED) is 0.399. The van der Waals surface area contributed by atoms with Gasteiger partial charge >= 0.3 is 0 Å². The molecule has 0 bridgehead atoms. The van der Waals surface area contributed by atoms with Crippen LogP contribution in [0.5, 0.6) is 0 Å². The first-order valence-electron chi connectivity index (χ1n) is 5.13. The lowest BCUT2D eigenvalue weighted by Gasteiger charge is -2.00. The van der Waals surface area contributed by atoms with Crippen molar-refractivity contribution in [3.63, 3.8) is 0 Å². The molecule has 0 saturated heterocycles. The van der Waals surface area contributed by atoms with Gasteiger partial charge in [0.1, 0.15) is 0 Å². The monoisotopic (exact) mass is 222 g/mol. The van der Waals surface area contributed by atoms with E-state index in [4.69, 9.17) is 11.6 Å². The van der Waals surface area contributed by atoms with Crippen LogP contribution in [0.4, 0.5) is 0 Å². The molecule has 0 aromatic heterocycles. The zero-order chi connectivity index (χ0) is 11.1. The number of carbonyl (C=O) groups excluding carboxylic acids is 1. The Morgan fingerprint density at radius 3 is 2.53 bits per heavy atom. The average Bonchev–Trinajstić information content (AvgIpc) is 2.25. The number of Topliss-reactive ketones (excluding diaryl/α,β-unsaturated/α-hetero) is 1. The minimum Gasteiger partial charge on any atom is -0.294 e. The molecule has 0 aliphatic carbocycles. The van der Waals surface area contributed by atoms with Crippen molar-refractivity contribution in [1.29, 1.82) is 0 Å². The maximum absolute atomic E-state index is 11.7. The van der Waals surface area contributed by atoms with Gasteiger partial charge in [-0.1, -0.05) is 17.7 Å². The van der Waals surface area contributed by atoms with E-state index in [0.717, 1.165) is 24.8 Å². The third-order valence-electron chi connectivity index (χ3n) is 2.23. The molecule has 15 heavy (non-hydrogen) atoms. The molecule has 0 saturated carbocycles. The van der Waals surface area contributed by atoms with E-state index in [-0.39, 0.29) is 5.78 Å². The average molecular weight is 223 g/mol. The SMILES string of the molecule is C=CCCCCC(=O)c1ccc(Cl)cc1. The molecule has 80 valence electrons. The van der Waals surface area contributed by atoms with Crippen molar-refractivity contribution in [2.75, 3.05) is 0 Å². The van der Waals surface area contributed by atoms with E-state index >= 15 is 0 Å². The molecule has 1 aromatic rings.